The molecular weight excluding hydrogens is 282 g/mol. The van der Waals surface area contributed by atoms with Crippen LogP contribution in [0.5, 0.6) is 0 Å². The first-order valence-electron chi connectivity index (χ1n) is 5.63. The normalized spacial score (nSPS) is 13.5. The van der Waals surface area contributed by atoms with Crippen molar-refractivity contribution < 1.29 is 9.15 Å². The van der Waals surface area contributed by atoms with Crippen molar-refractivity contribution in [3.63, 3.8) is 0 Å². The Balaban J connectivity index is 2.21. The average Bonchev–Trinajstić information content (AvgIpc) is 2.71. The number of rotatable bonds is 4. The zero-order valence-corrected chi connectivity index (χ0v) is 11.5. The zero-order valence-electron chi connectivity index (χ0n) is 9.94. The van der Waals surface area contributed by atoms with Crippen molar-refractivity contribution in [3.05, 3.63) is 34.5 Å². The third-order valence-electron chi connectivity index (χ3n) is 2.49. The Bertz CT molecular complexity index is 507. The first kappa shape index (κ1) is 12.6. The van der Waals surface area contributed by atoms with Gasteiger partial charge in [0.2, 0.25) is 0 Å². The maximum absolute atomic E-state index is 6.02. The fourth-order valence-corrected chi connectivity index (χ4v) is 2.07. The predicted octanol–water partition coefficient (Wildman–Crippen LogP) is 3.62. The van der Waals surface area contributed by atoms with Gasteiger partial charge in [-0.05, 0) is 41.9 Å². The maximum atomic E-state index is 6.02. The van der Waals surface area contributed by atoms with Crippen LogP contribution in [-0.4, -0.2) is 12.7 Å². The summed E-state index contributed by atoms with van der Waals surface area (Å²) in [6, 6.07) is 7.67. The van der Waals surface area contributed by atoms with E-state index in [1.165, 1.54) is 0 Å². The van der Waals surface area contributed by atoms with Crippen molar-refractivity contribution in [1.29, 1.82) is 0 Å². The molecule has 0 fully saturated rings. The zero-order chi connectivity index (χ0) is 12.4. The Morgan fingerprint density at radius 1 is 1.41 bits per heavy atom. The second-order valence-electron chi connectivity index (χ2n) is 4.30. The summed E-state index contributed by atoms with van der Waals surface area (Å²) in [4.78, 5) is 0. The number of ether oxygens (including phenoxy) is 1. The Hall–Kier alpha value is -0.840. The summed E-state index contributed by atoms with van der Waals surface area (Å²) in [5, 5.41) is 1.05. The molecule has 1 aromatic heterocycles. The fraction of sp³-hybridized carbons (Fsp3) is 0.385. The van der Waals surface area contributed by atoms with Crippen LogP contribution in [0.3, 0.4) is 0 Å². The molecule has 2 aromatic rings. The molecule has 2 N–H and O–H groups in total. The highest BCUT2D eigenvalue weighted by molar-refractivity contribution is 9.10. The molecule has 17 heavy (non-hydrogen) atoms. The number of benzene rings is 1. The van der Waals surface area contributed by atoms with Crippen LogP contribution in [0.15, 0.2) is 33.2 Å². The largest absolute Gasteiger partial charge is 0.458 e. The SMILES string of the molecule is CC(C)OCC(N)c1cc2cccc(Br)c2o1. The van der Waals surface area contributed by atoms with Crippen molar-refractivity contribution in [2.24, 2.45) is 5.73 Å². The first-order chi connectivity index (χ1) is 8.08. The van der Waals surface area contributed by atoms with Crippen molar-refractivity contribution in [3.8, 4) is 0 Å². The van der Waals surface area contributed by atoms with E-state index in [9.17, 15) is 0 Å². The standard InChI is InChI=1S/C13H16BrNO2/c1-8(2)16-7-11(15)12-6-9-4-3-5-10(14)13(9)17-12/h3-6,8,11H,7,15H2,1-2H3. The third kappa shape index (κ3) is 2.89. The van der Waals surface area contributed by atoms with Gasteiger partial charge in [-0.15, -0.1) is 0 Å². The van der Waals surface area contributed by atoms with E-state index in [0.717, 1.165) is 21.2 Å². The highest BCUT2D eigenvalue weighted by Crippen LogP contribution is 2.29. The average molecular weight is 298 g/mol. The van der Waals surface area contributed by atoms with Crippen molar-refractivity contribution in [1.82, 2.24) is 0 Å². The summed E-state index contributed by atoms with van der Waals surface area (Å²) >= 11 is 3.46. The number of para-hydroxylation sites is 1. The molecular formula is C13H16BrNO2. The Morgan fingerprint density at radius 3 is 2.82 bits per heavy atom. The van der Waals surface area contributed by atoms with Crippen LogP contribution in [0.1, 0.15) is 25.6 Å². The predicted molar refractivity (Wildman–Crippen MR) is 71.9 cm³/mol. The van der Waals surface area contributed by atoms with E-state index in [0.29, 0.717) is 6.61 Å². The molecule has 4 heteroatoms. The van der Waals surface area contributed by atoms with Crippen LogP contribution in [0, 0.1) is 0 Å². The molecule has 0 aliphatic carbocycles. The molecule has 0 saturated carbocycles. The molecule has 1 unspecified atom stereocenters. The molecule has 1 atom stereocenters. The van der Waals surface area contributed by atoms with Crippen LogP contribution < -0.4 is 5.73 Å². The second-order valence-corrected chi connectivity index (χ2v) is 5.15. The lowest BCUT2D eigenvalue weighted by molar-refractivity contribution is 0.0649. The van der Waals surface area contributed by atoms with Crippen molar-refractivity contribution in [2.75, 3.05) is 6.61 Å². The summed E-state index contributed by atoms with van der Waals surface area (Å²) < 4.78 is 12.2. The van der Waals surface area contributed by atoms with Gasteiger partial charge in [-0.25, -0.2) is 0 Å². The van der Waals surface area contributed by atoms with Gasteiger partial charge in [0.15, 0.2) is 0 Å². The Labute approximate surface area is 109 Å². The van der Waals surface area contributed by atoms with E-state index in [1.807, 2.05) is 38.1 Å². The van der Waals surface area contributed by atoms with Crippen LogP contribution in [0.2, 0.25) is 0 Å². The molecule has 0 aliphatic heterocycles. The quantitative estimate of drug-likeness (QED) is 0.937. The highest BCUT2D eigenvalue weighted by Gasteiger charge is 2.14. The summed E-state index contributed by atoms with van der Waals surface area (Å²) in [5.41, 5.74) is 6.86. The number of hydrogen-bond donors (Lipinski definition) is 1. The number of nitrogens with two attached hydrogens (primary N) is 1. The van der Waals surface area contributed by atoms with Gasteiger partial charge >= 0.3 is 0 Å². The van der Waals surface area contributed by atoms with Gasteiger partial charge in [-0.3, -0.25) is 0 Å². The lowest BCUT2D eigenvalue weighted by Gasteiger charge is -2.11. The fourth-order valence-electron chi connectivity index (χ4n) is 1.61. The van der Waals surface area contributed by atoms with Gasteiger partial charge < -0.3 is 14.9 Å². The van der Waals surface area contributed by atoms with E-state index in [2.05, 4.69) is 15.9 Å². The van der Waals surface area contributed by atoms with Crippen LogP contribution in [-0.2, 0) is 4.74 Å². The second kappa shape index (κ2) is 5.21. The van der Waals surface area contributed by atoms with Gasteiger partial charge in [0, 0.05) is 5.39 Å². The van der Waals surface area contributed by atoms with Crippen molar-refractivity contribution in [2.45, 2.75) is 26.0 Å². The Morgan fingerprint density at radius 2 is 2.18 bits per heavy atom. The van der Waals surface area contributed by atoms with Crippen LogP contribution >= 0.6 is 15.9 Å². The number of halogens is 1. The monoisotopic (exact) mass is 297 g/mol. The molecule has 0 aliphatic rings. The van der Waals surface area contributed by atoms with Crippen molar-refractivity contribution >= 4 is 26.9 Å². The Kier molecular flexibility index (Phi) is 3.86. The molecule has 1 aromatic carbocycles. The van der Waals surface area contributed by atoms with Gasteiger partial charge in [0.25, 0.3) is 0 Å². The molecule has 0 radical (unpaired) electrons. The molecule has 2 rings (SSSR count). The third-order valence-corrected chi connectivity index (χ3v) is 3.11. The summed E-state index contributed by atoms with van der Waals surface area (Å²) in [6.45, 7) is 4.44. The minimum Gasteiger partial charge on any atom is -0.458 e. The van der Waals surface area contributed by atoms with E-state index in [1.54, 1.807) is 0 Å². The molecule has 1 heterocycles. The highest BCUT2D eigenvalue weighted by atomic mass is 79.9. The molecule has 3 nitrogen and oxygen atoms in total. The molecule has 0 saturated heterocycles. The van der Waals surface area contributed by atoms with E-state index < -0.39 is 0 Å². The molecule has 0 spiro atoms. The van der Waals surface area contributed by atoms with Gasteiger partial charge in [0.05, 0.1) is 23.2 Å². The first-order valence-corrected chi connectivity index (χ1v) is 6.42. The lowest BCUT2D eigenvalue weighted by atomic mass is 10.2. The van der Waals surface area contributed by atoms with E-state index in [4.69, 9.17) is 14.9 Å². The van der Waals surface area contributed by atoms with Gasteiger partial charge in [-0.1, -0.05) is 12.1 Å². The maximum Gasteiger partial charge on any atom is 0.148 e. The summed E-state index contributed by atoms with van der Waals surface area (Å²) in [5.74, 6) is 0.757. The minimum absolute atomic E-state index is 0.178. The van der Waals surface area contributed by atoms with E-state index in [-0.39, 0.29) is 12.1 Å². The molecule has 0 amide bonds. The minimum atomic E-state index is -0.225. The summed E-state index contributed by atoms with van der Waals surface area (Å²) in [7, 11) is 0. The van der Waals surface area contributed by atoms with Gasteiger partial charge in [-0.2, -0.15) is 0 Å². The summed E-state index contributed by atoms with van der Waals surface area (Å²) in [6.07, 6.45) is 0.178. The lowest BCUT2D eigenvalue weighted by Crippen LogP contribution is -2.18. The molecule has 92 valence electrons. The van der Waals surface area contributed by atoms with Gasteiger partial charge in [0.1, 0.15) is 11.3 Å². The van der Waals surface area contributed by atoms with Crippen LogP contribution in [0.25, 0.3) is 11.0 Å². The van der Waals surface area contributed by atoms with E-state index >= 15 is 0 Å². The molecule has 0 bridgehead atoms. The number of fused-ring (bicyclic) bond motifs is 1. The van der Waals surface area contributed by atoms with Crippen LogP contribution in [0.4, 0.5) is 0 Å². The smallest absolute Gasteiger partial charge is 0.148 e. The number of hydrogen-bond acceptors (Lipinski definition) is 3. The topological polar surface area (TPSA) is 48.4 Å². The number of furan rings is 1.